The molecule has 0 unspecified atom stereocenters. The summed E-state index contributed by atoms with van der Waals surface area (Å²) in [5.41, 5.74) is 3.90. The van der Waals surface area contributed by atoms with E-state index in [-0.39, 0.29) is 11.8 Å². The number of aromatic amines is 1. The lowest BCUT2D eigenvalue weighted by Gasteiger charge is -2.27. The normalized spacial score (nSPS) is 23.5. The van der Waals surface area contributed by atoms with Gasteiger partial charge in [0.1, 0.15) is 0 Å². The third-order valence-corrected chi connectivity index (χ3v) is 7.85. The molecule has 2 N–H and O–H groups in total. The molecule has 0 spiro atoms. The maximum atomic E-state index is 14.4. The highest BCUT2D eigenvalue weighted by atomic mass is 19.2. The van der Waals surface area contributed by atoms with E-state index in [9.17, 15) is 18.7 Å². The van der Waals surface area contributed by atoms with E-state index < -0.39 is 23.0 Å². The lowest BCUT2D eigenvalue weighted by Crippen LogP contribution is -2.24. The maximum absolute atomic E-state index is 14.4. The van der Waals surface area contributed by atoms with Gasteiger partial charge in [-0.15, -0.1) is 0 Å². The monoisotopic (exact) mass is 480 g/mol. The second-order valence-corrected chi connectivity index (χ2v) is 10.1. The fraction of sp³-hybridized carbons (Fsp3) is 0.423. The fourth-order valence-corrected chi connectivity index (χ4v) is 5.97. The number of carbonyl (C=O) groups is 1. The Morgan fingerprint density at radius 1 is 1.17 bits per heavy atom. The molecule has 6 rings (SSSR count). The van der Waals surface area contributed by atoms with Crippen LogP contribution in [0.15, 0.2) is 30.5 Å². The average Bonchev–Trinajstić information content (AvgIpc) is 3.55. The zero-order valence-corrected chi connectivity index (χ0v) is 19.4. The number of H-pyrrole nitrogens is 1. The van der Waals surface area contributed by atoms with Gasteiger partial charge in [-0.05, 0) is 63.1 Å². The summed E-state index contributed by atoms with van der Waals surface area (Å²) < 4.78 is 35.9. The van der Waals surface area contributed by atoms with Crippen molar-refractivity contribution < 1.29 is 23.4 Å². The Hall–Kier alpha value is -3.33. The molecule has 2 atom stereocenters. The molecule has 1 aromatic carbocycles. The standard InChI is InChI=1S/C26H26F2N4O3/c1-26(25(33)34)7-4-15(12-26)21-22-20(10-16-13-29-31-24(16)30-22)32(17-2-3-18(27)19(28)11-17)23(21)14-5-8-35-9-6-14/h2-3,10-11,13-15H,4-9,12H2,1H3,(H,33,34)(H,29,30,31)/t15-,26-/m1/s1. The van der Waals surface area contributed by atoms with Gasteiger partial charge in [0.25, 0.3) is 0 Å². The maximum Gasteiger partial charge on any atom is 0.309 e. The summed E-state index contributed by atoms with van der Waals surface area (Å²) in [6.45, 7) is 3.02. The lowest BCUT2D eigenvalue weighted by atomic mass is 9.84. The van der Waals surface area contributed by atoms with Crippen molar-refractivity contribution in [1.29, 1.82) is 0 Å². The molecule has 0 bridgehead atoms. The van der Waals surface area contributed by atoms with Crippen LogP contribution in [-0.2, 0) is 9.53 Å². The minimum absolute atomic E-state index is 0.0177. The molecule has 1 aliphatic carbocycles. The number of nitrogens with one attached hydrogen (secondary N) is 1. The quantitative estimate of drug-likeness (QED) is 0.406. The Morgan fingerprint density at radius 3 is 2.69 bits per heavy atom. The molecule has 2 fully saturated rings. The van der Waals surface area contributed by atoms with E-state index in [1.54, 1.807) is 19.2 Å². The molecule has 2 aliphatic rings. The molecule has 1 aliphatic heterocycles. The second-order valence-electron chi connectivity index (χ2n) is 10.1. The lowest BCUT2D eigenvalue weighted by molar-refractivity contribution is -0.147. The topological polar surface area (TPSA) is 93.0 Å². The van der Waals surface area contributed by atoms with Crippen molar-refractivity contribution in [2.75, 3.05) is 13.2 Å². The number of pyridine rings is 1. The Bertz CT molecular complexity index is 1460. The summed E-state index contributed by atoms with van der Waals surface area (Å²) in [4.78, 5) is 17.0. The minimum atomic E-state index is -0.916. The number of rotatable bonds is 4. The molecular weight excluding hydrogens is 454 g/mol. The number of fused-ring (bicyclic) bond motifs is 2. The SMILES string of the molecule is C[C@@]1(C(=O)O)CC[C@@H](c2c(C3CCOCC3)n(-c3ccc(F)c(F)c3)c3cc4cn[nH]c4nc23)C1. The molecule has 35 heavy (non-hydrogen) atoms. The van der Waals surface area contributed by atoms with Crippen LogP contribution in [-0.4, -0.2) is 44.0 Å². The van der Waals surface area contributed by atoms with Crippen LogP contribution < -0.4 is 0 Å². The van der Waals surface area contributed by atoms with Gasteiger partial charge in [0.2, 0.25) is 0 Å². The number of carboxylic acids is 1. The first kappa shape index (κ1) is 22.2. The highest BCUT2D eigenvalue weighted by Crippen LogP contribution is 2.51. The van der Waals surface area contributed by atoms with Crippen molar-refractivity contribution in [3.63, 3.8) is 0 Å². The largest absolute Gasteiger partial charge is 0.481 e. The van der Waals surface area contributed by atoms with Crippen molar-refractivity contribution in [1.82, 2.24) is 19.7 Å². The van der Waals surface area contributed by atoms with Crippen LogP contribution in [0.1, 0.15) is 62.1 Å². The number of benzene rings is 1. The van der Waals surface area contributed by atoms with E-state index in [0.717, 1.165) is 53.0 Å². The summed E-state index contributed by atoms with van der Waals surface area (Å²) in [6.07, 6.45) is 5.06. The van der Waals surface area contributed by atoms with Crippen LogP contribution in [0, 0.1) is 17.0 Å². The van der Waals surface area contributed by atoms with Crippen LogP contribution in [0.2, 0.25) is 0 Å². The van der Waals surface area contributed by atoms with Gasteiger partial charge in [0.05, 0.1) is 22.6 Å². The van der Waals surface area contributed by atoms with Gasteiger partial charge >= 0.3 is 5.97 Å². The van der Waals surface area contributed by atoms with E-state index in [4.69, 9.17) is 9.72 Å². The van der Waals surface area contributed by atoms with Crippen molar-refractivity contribution >= 4 is 28.0 Å². The highest BCUT2D eigenvalue weighted by Gasteiger charge is 2.44. The van der Waals surface area contributed by atoms with Crippen molar-refractivity contribution in [3.05, 3.63) is 53.4 Å². The van der Waals surface area contributed by atoms with Crippen LogP contribution in [0.3, 0.4) is 0 Å². The van der Waals surface area contributed by atoms with Crippen LogP contribution in [0.5, 0.6) is 0 Å². The number of carboxylic acid groups (broad SMARTS) is 1. The number of aliphatic carboxylic acids is 1. The van der Waals surface area contributed by atoms with Gasteiger partial charge in [0, 0.05) is 47.5 Å². The van der Waals surface area contributed by atoms with E-state index in [1.807, 2.05) is 10.6 Å². The van der Waals surface area contributed by atoms with E-state index in [0.29, 0.717) is 37.4 Å². The highest BCUT2D eigenvalue weighted by molar-refractivity contribution is 5.94. The number of ether oxygens (including phenoxy) is 1. The molecule has 1 saturated heterocycles. The number of halogens is 2. The summed E-state index contributed by atoms with van der Waals surface area (Å²) in [5.74, 6) is -2.51. The molecule has 9 heteroatoms. The molecule has 4 heterocycles. The van der Waals surface area contributed by atoms with Gasteiger partial charge in [0.15, 0.2) is 17.3 Å². The first-order valence-corrected chi connectivity index (χ1v) is 12.0. The van der Waals surface area contributed by atoms with E-state index in [1.165, 1.54) is 6.07 Å². The molecule has 1 saturated carbocycles. The number of nitrogens with zero attached hydrogens (tertiary/aromatic N) is 3. The van der Waals surface area contributed by atoms with Crippen molar-refractivity contribution in [2.24, 2.45) is 5.41 Å². The number of hydrogen-bond donors (Lipinski definition) is 2. The zero-order chi connectivity index (χ0) is 24.3. The molecule has 0 radical (unpaired) electrons. The number of aromatic nitrogens is 4. The predicted molar refractivity (Wildman–Crippen MR) is 126 cm³/mol. The fourth-order valence-electron chi connectivity index (χ4n) is 5.97. The van der Waals surface area contributed by atoms with Gasteiger partial charge in [-0.25, -0.2) is 13.8 Å². The molecule has 182 valence electrons. The molecule has 0 amide bonds. The average molecular weight is 481 g/mol. The van der Waals surface area contributed by atoms with Crippen molar-refractivity contribution in [2.45, 2.75) is 50.9 Å². The van der Waals surface area contributed by atoms with Gasteiger partial charge in [-0.2, -0.15) is 5.10 Å². The summed E-state index contributed by atoms with van der Waals surface area (Å²) >= 11 is 0. The Morgan fingerprint density at radius 2 is 1.97 bits per heavy atom. The Balaban J connectivity index is 1.67. The zero-order valence-electron chi connectivity index (χ0n) is 19.4. The molecule has 4 aromatic rings. The van der Waals surface area contributed by atoms with Crippen LogP contribution in [0.4, 0.5) is 8.78 Å². The van der Waals surface area contributed by atoms with Crippen LogP contribution >= 0.6 is 0 Å². The summed E-state index contributed by atoms with van der Waals surface area (Å²) in [5, 5.41) is 17.8. The third kappa shape index (κ3) is 3.52. The van der Waals surface area contributed by atoms with Gasteiger partial charge in [-0.3, -0.25) is 9.89 Å². The first-order chi connectivity index (χ1) is 16.9. The Labute approximate surface area is 200 Å². The predicted octanol–water partition coefficient (Wildman–Crippen LogP) is 5.43. The van der Waals surface area contributed by atoms with Crippen LogP contribution in [0.25, 0.3) is 27.8 Å². The Kier molecular flexibility index (Phi) is 5.14. The van der Waals surface area contributed by atoms with E-state index in [2.05, 4.69) is 10.2 Å². The summed E-state index contributed by atoms with van der Waals surface area (Å²) in [6, 6.07) is 5.92. The number of hydrogen-bond acceptors (Lipinski definition) is 4. The summed E-state index contributed by atoms with van der Waals surface area (Å²) in [7, 11) is 0. The first-order valence-electron chi connectivity index (χ1n) is 12.0. The smallest absolute Gasteiger partial charge is 0.309 e. The molecule has 3 aromatic heterocycles. The van der Waals surface area contributed by atoms with E-state index >= 15 is 0 Å². The van der Waals surface area contributed by atoms with Gasteiger partial charge < -0.3 is 14.4 Å². The molecule has 7 nitrogen and oxygen atoms in total. The minimum Gasteiger partial charge on any atom is -0.481 e. The van der Waals surface area contributed by atoms with Crippen molar-refractivity contribution in [3.8, 4) is 5.69 Å². The van der Waals surface area contributed by atoms with Gasteiger partial charge in [-0.1, -0.05) is 0 Å². The molecular formula is C26H26F2N4O3. The second kappa shape index (κ2) is 8.12. The third-order valence-electron chi connectivity index (χ3n) is 7.85.